The summed E-state index contributed by atoms with van der Waals surface area (Å²) in [4.78, 5) is 155. The number of aromatic amines is 4. The molecule has 0 saturated carbocycles. The Bertz CT molecular complexity index is 6140. The summed E-state index contributed by atoms with van der Waals surface area (Å²) < 4.78 is 60.9. The van der Waals surface area contributed by atoms with Gasteiger partial charge < -0.3 is 47.3 Å². The summed E-state index contributed by atoms with van der Waals surface area (Å²) >= 11 is 0. The van der Waals surface area contributed by atoms with Gasteiger partial charge in [0, 0.05) is 47.2 Å². The Morgan fingerprint density at radius 1 is 0.508 bits per heavy atom. The molecule has 36 heteroatoms. The Balaban J connectivity index is 0.000000193. The van der Waals surface area contributed by atoms with E-state index in [0.29, 0.717) is 96.4 Å². The van der Waals surface area contributed by atoms with E-state index in [-0.39, 0.29) is 58.8 Å². The van der Waals surface area contributed by atoms with Gasteiger partial charge in [-0.2, -0.15) is 25.4 Å². The van der Waals surface area contributed by atoms with Gasteiger partial charge in [0.25, 0.3) is 28.1 Å². The normalized spacial score (nSPS) is 12.8. The first kappa shape index (κ1) is 88.5. The Labute approximate surface area is 666 Å². The van der Waals surface area contributed by atoms with Crippen LogP contribution in [0.2, 0.25) is 0 Å². The van der Waals surface area contributed by atoms with Gasteiger partial charge in [-0.3, -0.25) is 38.4 Å². The second-order valence-corrected chi connectivity index (χ2v) is 27.2. The van der Waals surface area contributed by atoms with Crippen molar-refractivity contribution in [3.05, 3.63) is 280 Å². The lowest BCUT2D eigenvalue weighted by molar-refractivity contribution is -0.166. The Hall–Kier alpha value is -15.1. The van der Waals surface area contributed by atoms with Crippen molar-refractivity contribution in [3.8, 4) is 0 Å². The van der Waals surface area contributed by atoms with Crippen molar-refractivity contribution in [1.29, 1.82) is 0 Å². The van der Waals surface area contributed by atoms with Crippen LogP contribution in [0, 0.1) is 28.7 Å². The van der Waals surface area contributed by atoms with Gasteiger partial charge in [-0.15, -0.1) is 0 Å². The predicted molar refractivity (Wildman–Crippen MR) is 429 cm³/mol. The summed E-state index contributed by atoms with van der Waals surface area (Å²) in [6.45, 7) is 10.4. The van der Waals surface area contributed by atoms with Crippen LogP contribution in [0.15, 0.2) is 194 Å². The highest BCUT2D eigenvalue weighted by Gasteiger charge is 2.38. The first-order valence-corrected chi connectivity index (χ1v) is 35.4. The molecule has 1 saturated heterocycles. The topological polar surface area (TPSA) is 488 Å². The summed E-state index contributed by atoms with van der Waals surface area (Å²) in [7, 11) is 0. The molecule has 1 aliphatic heterocycles. The number of nitrogens with zero attached hydrogens (tertiary/aromatic N) is 6. The highest BCUT2D eigenvalue weighted by atomic mass is 19.1. The number of carbonyl (C=O) groups excluding carboxylic acids is 7. The number of carboxylic acids is 2. The van der Waals surface area contributed by atoms with E-state index in [1.807, 2.05) is 6.07 Å². The molecule has 0 aliphatic carbocycles. The molecule has 4 atom stereocenters. The number of rotatable bonds is 17. The molecule has 13 rings (SSSR count). The highest BCUT2D eigenvalue weighted by Crippen LogP contribution is 2.29. The molecule has 7 amide bonds. The number of nitrogens with one attached hydrogen (secondary N) is 9. The second kappa shape index (κ2) is 39.6. The minimum Gasteiger partial charge on any atom is -0.480 e. The number of esters is 2. The van der Waals surface area contributed by atoms with E-state index in [0.717, 1.165) is 15.8 Å². The molecular weight excluding hydrogens is 1540 g/mol. The number of carboxylic acid groups (broad SMARTS) is 2. The van der Waals surface area contributed by atoms with E-state index < -0.39 is 101 Å². The van der Waals surface area contributed by atoms with Gasteiger partial charge in [0.05, 0.1) is 66.8 Å². The lowest BCUT2D eigenvalue weighted by Gasteiger charge is -2.18. The van der Waals surface area contributed by atoms with Crippen molar-refractivity contribution in [2.75, 3.05) is 15.5 Å². The fourth-order valence-corrected chi connectivity index (χ4v) is 11.2. The van der Waals surface area contributed by atoms with Crippen LogP contribution < -0.4 is 59.5 Å². The van der Waals surface area contributed by atoms with Gasteiger partial charge in [0.15, 0.2) is 0 Å². The van der Waals surface area contributed by atoms with Crippen molar-refractivity contribution in [2.45, 2.75) is 106 Å². The van der Waals surface area contributed by atoms with Crippen LogP contribution in [0.25, 0.3) is 43.1 Å². The fourth-order valence-electron chi connectivity index (χ4n) is 11.2. The Morgan fingerprint density at radius 2 is 0.839 bits per heavy atom. The van der Waals surface area contributed by atoms with Crippen molar-refractivity contribution < 1.29 is 75.7 Å². The summed E-state index contributed by atoms with van der Waals surface area (Å²) in [6.07, 6.45) is 2.55. The minimum atomic E-state index is -1.21. The van der Waals surface area contributed by atoms with E-state index in [2.05, 4.69) is 72.4 Å². The van der Waals surface area contributed by atoms with E-state index >= 15 is 0 Å². The van der Waals surface area contributed by atoms with E-state index in [9.17, 15) is 79.9 Å². The third-order valence-corrected chi connectivity index (χ3v) is 17.3. The maximum atomic E-state index is 14.3. The van der Waals surface area contributed by atoms with Crippen molar-refractivity contribution >= 4 is 120 Å². The molecule has 5 heterocycles. The van der Waals surface area contributed by atoms with Crippen LogP contribution in [0.4, 0.5) is 54.7 Å². The molecule has 8 aromatic carbocycles. The number of isocyanates is 1. The summed E-state index contributed by atoms with van der Waals surface area (Å²) in [6, 6.07) is 38.9. The Kier molecular flexibility index (Phi) is 29.7. The van der Waals surface area contributed by atoms with Crippen molar-refractivity contribution in [3.63, 3.8) is 0 Å². The standard InChI is InChI=1S/C24H25FN4O5.C19H17FN4O4.C19H15FN4O3.C16H10FN3O2.C3H7NO2.CH4/c1-13(21(31)34-22(32)24(2,3)4)26-23(33)27-19-12-14(9-10-17(19)25)11-18-15-7-5-6-8-16(15)20(30)29-28-18;1-10(18(26)27)21-19(28)22-16-9-11(6-7-14(16)20)8-15-12-4-2-3-5-13(12)17(25)24-23-15;1-10-18(26)24(19(27)21-10)16-9-11(6-7-14(16)20)8-15-12-4-2-3-5-13(12)17(25)23-22-15;17-13-6-5-10(8-15(13)18-9-21)7-14-11-3-1-2-4-12(11)16(22)20-19-14;1-2(4)3(5)6;/h5-10,12-13H,11H2,1-4H3,(H,29,30)(H2,26,27,33);2-7,9-10H,8H2,1H3,(H,24,25)(H,26,27)(H2,21,22,28);2-7,9-10H,8H2,1H3,(H,21,27)(H,23,25);1-6,8H,7H2,(H,20,22);2H,4H2,1H3,(H,5,6);1H4/t13-;2*10-;;2-;/m111.1./s1. The maximum Gasteiger partial charge on any atom is 0.336 e. The number of aliphatic imine (C=N–C) groups is 1. The van der Waals surface area contributed by atoms with E-state index in [1.165, 1.54) is 81.4 Å². The Morgan fingerprint density at radius 3 is 1.17 bits per heavy atom. The molecule has 0 spiro atoms. The van der Waals surface area contributed by atoms with Crippen molar-refractivity contribution in [1.82, 2.24) is 56.7 Å². The van der Waals surface area contributed by atoms with E-state index in [1.54, 1.807) is 137 Å². The lowest BCUT2D eigenvalue weighted by atomic mass is 9.97. The number of ether oxygens (including phenoxy) is 1. The first-order chi connectivity index (χ1) is 55.6. The number of carbonyl (C=O) groups is 8. The largest absolute Gasteiger partial charge is 0.480 e. The summed E-state index contributed by atoms with van der Waals surface area (Å²) in [5, 5.41) is 59.2. The zero-order valence-corrected chi connectivity index (χ0v) is 63.2. The van der Waals surface area contributed by atoms with Gasteiger partial charge in [-0.05, 0) is 144 Å². The lowest BCUT2D eigenvalue weighted by Crippen LogP contribution is -2.43. The van der Waals surface area contributed by atoms with Crippen LogP contribution in [-0.4, -0.2) is 129 Å². The van der Waals surface area contributed by atoms with Gasteiger partial charge >= 0.3 is 42.0 Å². The molecule has 1 aliphatic rings. The molecule has 1 fully saturated rings. The number of fused-ring (bicyclic) bond motifs is 4. The van der Waals surface area contributed by atoms with Crippen LogP contribution >= 0.6 is 0 Å². The number of H-pyrrole nitrogens is 4. The van der Waals surface area contributed by atoms with Crippen LogP contribution in [0.1, 0.15) is 101 Å². The third-order valence-electron chi connectivity index (χ3n) is 17.3. The minimum absolute atomic E-state index is 0. The molecule has 4 aromatic heterocycles. The number of aliphatic carboxylic acids is 2. The zero-order valence-electron chi connectivity index (χ0n) is 63.2. The number of halogens is 4. The van der Waals surface area contributed by atoms with Crippen LogP contribution in [-0.2, 0) is 59.2 Å². The second-order valence-electron chi connectivity index (χ2n) is 27.2. The zero-order chi connectivity index (χ0) is 85.1. The predicted octanol–water partition coefficient (Wildman–Crippen LogP) is 10.3. The number of anilines is 3. The molecule has 0 bridgehead atoms. The molecule has 0 radical (unpaired) electrons. The third kappa shape index (κ3) is 22.9. The van der Waals surface area contributed by atoms with E-state index in [4.69, 9.17) is 20.7 Å². The SMILES string of the molecule is C.C[C@@H](N)C(=O)O.C[C@@H](NC(=O)Nc1cc(Cc2n[nH]c(=O)c3ccccc23)ccc1F)C(=O)O.C[C@@H](NC(=O)Nc1cc(Cc2n[nH]c(=O)c3ccccc23)ccc1F)C(=O)OC(=O)C(C)(C)C.C[C@H]1NC(=O)N(c2cc(Cc3n[nH]c(=O)c4ccccc34)ccc2F)C1=O.O=C=Nc1cc(Cc2n[nH]c(=O)c3ccccc23)ccc1F. The quantitative estimate of drug-likeness (QED) is 0.0101. The van der Waals surface area contributed by atoms with Gasteiger partial charge in [-0.1, -0.05) is 104 Å². The monoisotopic (exact) mass is 1620 g/mol. The molecule has 610 valence electrons. The number of aromatic nitrogens is 8. The number of amides is 7. The fraction of sp³-hybridized carbons (Fsp3) is 0.207. The van der Waals surface area contributed by atoms with Gasteiger partial charge in [0.1, 0.15) is 53.1 Å². The van der Waals surface area contributed by atoms with Gasteiger partial charge in [0.2, 0.25) is 6.08 Å². The molecular formula is C82H78F4N16O16. The van der Waals surface area contributed by atoms with Crippen molar-refractivity contribution in [2.24, 2.45) is 16.1 Å². The van der Waals surface area contributed by atoms with Crippen LogP contribution in [0.3, 0.4) is 0 Å². The maximum absolute atomic E-state index is 14.3. The molecule has 0 unspecified atom stereocenters. The molecule has 12 aromatic rings. The highest BCUT2D eigenvalue weighted by molar-refractivity contribution is 6.21. The average Bonchev–Trinajstić information content (AvgIpc) is 1.55. The number of urea groups is 3. The summed E-state index contributed by atoms with van der Waals surface area (Å²) in [5.41, 5.74) is 7.49. The summed E-state index contributed by atoms with van der Waals surface area (Å²) in [5.74, 6) is -6.95. The number of benzene rings is 8. The number of nitrogens with two attached hydrogens (primary N) is 1. The number of hydrogen-bond donors (Lipinski definition) is 12. The number of imide groups is 1. The average molecular weight is 1620 g/mol. The molecule has 13 N–H and O–H groups in total. The van der Waals surface area contributed by atoms with Gasteiger partial charge in [-0.25, -0.2) is 66.8 Å². The van der Waals surface area contributed by atoms with Crippen LogP contribution in [0.5, 0.6) is 0 Å². The first-order valence-electron chi connectivity index (χ1n) is 35.4. The molecule has 118 heavy (non-hydrogen) atoms. The smallest absolute Gasteiger partial charge is 0.336 e. The number of hydrogen-bond acceptors (Lipinski definition) is 20. The molecule has 32 nitrogen and oxygen atoms in total.